The number of aryl methyl sites for hydroxylation is 2. The first-order valence-corrected chi connectivity index (χ1v) is 5.80. The minimum absolute atomic E-state index is 0.251. The maximum absolute atomic E-state index is 9.20. The monoisotopic (exact) mass is 220 g/mol. The molecule has 0 aromatic carbocycles. The van der Waals surface area contributed by atoms with E-state index in [1.165, 1.54) is 0 Å². The Bertz CT molecular complexity index is 375. The van der Waals surface area contributed by atoms with Gasteiger partial charge in [0.2, 0.25) is 0 Å². The molecule has 0 fully saturated rings. The maximum Gasteiger partial charge on any atom is 0.124 e. The summed E-state index contributed by atoms with van der Waals surface area (Å²) in [6.45, 7) is 6.26. The molecule has 2 atom stereocenters. The van der Waals surface area contributed by atoms with Gasteiger partial charge in [0.1, 0.15) is 6.04 Å². The molecule has 88 valence electrons. The molecule has 1 rings (SSSR count). The van der Waals surface area contributed by atoms with Gasteiger partial charge in [0.15, 0.2) is 0 Å². The summed E-state index contributed by atoms with van der Waals surface area (Å²) in [6, 6.07) is 2.40. The molecular formula is C12H20N4. The molecule has 0 aliphatic rings. The van der Waals surface area contributed by atoms with Gasteiger partial charge in [-0.15, -0.1) is 0 Å². The van der Waals surface area contributed by atoms with Crippen LogP contribution >= 0.6 is 0 Å². The maximum atomic E-state index is 9.20. The van der Waals surface area contributed by atoms with Crippen LogP contribution in [0.4, 0.5) is 0 Å². The lowest BCUT2D eigenvalue weighted by Gasteiger charge is -2.16. The fourth-order valence-electron chi connectivity index (χ4n) is 1.67. The highest BCUT2D eigenvalue weighted by Crippen LogP contribution is 2.17. The second-order valence-electron chi connectivity index (χ2n) is 4.10. The minimum atomic E-state index is -0.251. The van der Waals surface area contributed by atoms with Gasteiger partial charge < -0.3 is 0 Å². The van der Waals surface area contributed by atoms with E-state index in [-0.39, 0.29) is 6.04 Å². The molecule has 0 bridgehead atoms. The summed E-state index contributed by atoms with van der Waals surface area (Å²) in [6.07, 6.45) is 3.80. The van der Waals surface area contributed by atoms with Crippen LogP contribution < -0.4 is 5.32 Å². The third-order valence-electron chi connectivity index (χ3n) is 2.78. The van der Waals surface area contributed by atoms with Crippen molar-refractivity contribution in [2.75, 3.05) is 0 Å². The zero-order valence-corrected chi connectivity index (χ0v) is 10.5. The number of nitrogens with zero attached hydrogens (tertiary/aromatic N) is 3. The molecule has 2 unspecified atom stereocenters. The highest BCUT2D eigenvalue weighted by atomic mass is 15.3. The van der Waals surface area contributed by atoms with Gasteiger partial charge in [-0.3, -0.25) is 10.00 Å². The van der Waals surface area contributed by atoms with E-state index < -0.39 is 0 Å². The number of hydrogen-bond acceptors (Lipinski definition) is 3. The average molecular weight is 220 g/mol. The van der Waals surface area contributed by atoms with E-state index in [2.05, 4.69) is 37.3 Å². The van der Waals surface area contributed by atoms with E-state index in [1.54, 1.807) is 4.68 Å². The molecule has 1 N–H and O–H groups in total. The van der Waals surface area contributed by atoms with Crippen LogP contribution in [0.25, 0.3) is 0 Å². The smallest absolute Gasteiger partial charge is 0.124 e. The second kappa shape index (κ2) is 5.66. The summed E-state index contributed by atoms with van der Waals surface area (Å²) < 4.78 is 1.77. The Kier molecular flexibility index (Phi) is 4.51. The molecule has 0 saturated carbocycles. The molecule has 1 heterocycles. The molecule has 0 aliphatic carbocycles. The standard InChI is InChI=1S/C12H20N4/c1-5-9(3)14-12(7-13)10-8-16(4)15-11(10)6-2/h8-9,12,14H,5-6H2,1-4H3. The summed E-state index contributed by atoms with van der Waals surface area (Å²) in [7, 11) is 1.89. The van der Waals surface area contributed by atoms with E-state index in [4.69, 9.17) is 0 Å². The summed E-state index contributed by atoms with van der Waals surface area (Å²) in [4.78, 5) is 0. The van der Waals surface area contributed by atoms with Crippen LogP contribution in [0.2, 0.25) is 0 Å². The number of nitriles is 1. The molecule has 16 heavy (non-hydrogen) atoms. The number of rotatable bonds is 5. The van der Waals surface area contributed by atoms with E-state index >= 15 is 0 Å². The zero-order valence-electron chi connectivity index (χ0n) is 10.5. The molecule has 0 radical (unpaired) electrons. The summed E-state index contributed by atoms with van der Waals surface area (Å²) >= 11 is 0. The lowest BCUT2D eigenvalue weighted by atomic mass is 10.1. The van der Waals surface area contributed by atoms with Crippen molar-refractivity contribution in [2.45, 2.75) is 45.7 Å². The quantitative estimate of drug-likeness (QED) is 0.825. The lowest BCUT2D eigenvalue weighted by Crippen LogP contribution is -2.29. The van der Waals surface area contributed by atoms with Crippen LogP contribution in [-0.4, -0.2) is 15.8 Å². The molecule has 1 aromatic heterocycles. The molecule has 0 amide bonds. The Balaban J connectivity index is 2.90. The van der Waals surface area contributed by atoms with Crippen LogP contribution in [0.5, 0.6) is 0 Å². The predicted molar refractivity (Wildman–Crippen MR) is 63.8 cm³/mol. The first kappa shape index (κ1) is 12.7. The SMILES string of the molecule is CCc1nn(C)cc1C(C#N)NC(C)CC. The van der Waals surface area contributed by atoms with Crippen molar-refractivity contribution in [1.29, 1.82) is 5.26 Å². The van der Waals surface area contributed by atoms with Gasteiger partial charge >= 0.3 is 0 Å². The van der Waals surface area contributed by atoms with Crippen molar-refractivity contribution < 1.29 is 0 Å². The molecule has 0 aliphatic heterocycles. The molecule has 0 saturated heterocycles. The Morgan fingerprint density at radius 2 is 2.25 bits per heavy atom. The predicted octanol–water partition coefficient (Wildman–Crippen LogP) is 1.94. The number of nitrogens with one attached hydrogen (secondary N) is 1. The lowest BCUT2D eigenvalue weighted by molar-refractivity contribution is 0.499. The van der Waals surface area contributed by atoms with E-state index in [9.17, 15) is 5.26 Å². The largest absolute Gasteiger partial charge is 0.296 e. The van der Waals surface area contributed by atoms with E-state index in [1.807, 2.05) is 13.2 Å². The summed E-state index contributed by atoms with van der Waals surface area (Å²) in [5, 5.41) is 16.9. The molecule has 0 spiro atoms. The van der Waals surface area contributed by atoms with Crippen LogP contribution in [0.3, 0.4) is 0 Å². The topological polar surface area (TPSA) is 53.6 Å². The molecule has 4 nitrogen and oxygen atoms in total. The molecular weight excluding hydrogens is 200 g/mol. The summed E-state index contributed by atoms with van der Waals surface area (Å²) in [5.41, 5.74) is 2.01. The van der Waals surface area contributed by atoms with Crippen molar-refractivity contribution in [3.8, 4) is 6.07 Å². The minimum Gasteiger partial charge on any atom is -0.296 e. The third kappa shape index (κ3) is 2.83. The van der Waals surface area contributed by atoms with Crippen molar-refractivity contribution in [2.24, 2.45) is 7.05 Å². The third-order valence-corrected chi connectivity index (χ3v) is 2.78. The van der Waals surface area contributed by atoms with Gasteiger partial charge in [0, 0.05) is 24.8 Å². The van der Waals surface area contributed by atoms with Crippen LogP contribution in [0.1, 0.15) is 44.5 Å². The van der Waals surface area contributed by atoms with Gasteiger partial charge in [0.05, 0.1) is 11.8 Å². The number of aromatic nitrogens is 2. The average Bonchev–Trinajstić information content (AvgIpc) is 2.66. The van der Waals surface area contributed by atoms with Crippen molar-refractivity contribution in [3.05, 3.63) is 17.5 Å². The van der Waals surface area contributed by atoms with Gasteiger partial charge in [-0.25, -0.2) is 0 Å². The first-order valence-electron chi connectivity index (χ1n) is 5.80. The highest BCUT2D eigenvalue weighted by Gasteiger charge is 2.18. The van der Waals surface area contributed by atoms with Gasteiger partial charge in [-0.05, 0) is 19.8 Å². The highest BCUT2D eigenvalue weighted by molar-refractivity contribution is 5.26. The normalized spacial score (nSPS) is 14.4. The van der Waals surface area contributed by atoms with Crippen LogP contribution in [-0.2, 0) is 13.5 Å². The van der Waals surface area contributed by atoms with Gasteiger partial charge in [-0.1, -0.05) is 13.8 Å². The Labute approximate surface area is 97.3 Å². The van der Waals surface area contributed by atoms with Gasteiger partial charge in [-0.2, -0.15) is 10.4 Å². The van der Waals surface area contributed by atoms with Crippen molar-refractivity contribution in [1.82, 2.24) is 15.1 Å². The summed E-state index contributed by atoms with van der Waals surface area (Å²) in [5.74, 6) is 0. The Hall–Kier alpha value is -1.34. The van der Waals surface area contributed by atoms with Crippen molar-refractivity contribution >= 4 is 0 Å². The van der Waals surface area contributed by atoms with Crippen LogP contribution in [0, 0.1) is 11.3 Å². The number of hydrogen-bond donors (Lipinski definition) is 1. The van der Waals surface area contributed by atoms with Crippen LogP contribution in [0.15, 0.2) is 6.20 Å². The molecule has 4 heteroatoms. The fraction of sp³-hybridized carbons (Fsp3) is 0.667. The zero-order chi connectivity index (χ0) is 12.1. The molecule has 1 aromatic rings. The van der Waals surface area contributed by atoms with E-state index in [0.29, 0.717) is 6.04 Å². The fourth-order valence-corrected chi connectivity index (χ4v) is 1.67. The van der Waals surface area contributed by atoms with Crippen molar-refractivity contribution in [3.63, 3.8) is 0 Å². The van der Waals surface area contributed by atoms with E-state index in [0.717, 1.165) is 24.1 Å². The first-order chi connectivity index (χ1) is 7.62. The Morgan fingerprint density at radius 3 is 2.75 bits per heavy atom. The Morgan fingerprint density at radius 1 is 1.56 bits per heavy atom. The second-order valence-corrected chi connectivity index (χ2v) is 4.10. The van der Waals surface area contributed by atoms with Gasteiger partial charge in [0.25, 0.3) is 0 Å².